The highest BCUT2D eigenvalue weighted by atomic mass is 79.9. The smallest absolute Gasteiger partial charge is 0.154 e. The van der Waals surface area contributed by atoms with Crippen molar-refractivity contribution in [1.82, 2.24) is 0 Å². The third kappa shape index (κ3) is 4.57. The minimum Gasteiger partial charge on any atom is -0.496 e. The minimum atomic E-state index is -1.13. The summed E-state index contributed by atoms with van der Waals surface area (Å²) in [5, 5.41) is 0. The molecule has 0 aliphatic heterocycles. The first-order valence-corrected chi connectivity index (χ1v) is 12.6. The van der Waals surface area contributed by atoms with Gasteiger partial charge in [-0.3, -0.25) is 0 Å². The van der Waals surface area contributed by atoms with Gasteiger partial charge in [0, 0.05) is 37.2 Å². The molecule has 0 amide bonds. The van der Waals surface area contributed by atoms with Gasteiger partial charge in [0.2, 0.25) is 0 Å². The molecule has 0 heterocycles. The summed E-state index contributed by atoms with van der Waals surface area (Å²) in [4.78, 5) is 0. The van der Waals surface area contributed by atoms with Crippen LogP contribution in [0.4, 0.5) is 0 Å². The van der Waals surface area contributed by atoms with Crippen LogP contribution in [0.5, 0.6) is 17.2 Å². The number of aryl methyl sites for hydroxylation is 3. The Morgan fingerprint density at radius 1 is 0.515 bits per heavy atom. The second-order valence-electron chi connectivity index (χ2n) is 7.80. The van der Waals surface area contributed by atoms with Crippen LogP contribution >= 0.6 is 47.8 Å². The molecular weight excluding hydrogens is 616 g/mol. The van der Waals surface area contributed by atoms with E-state index in [2.05, 4.69) is 47.8 Å². The van der Waals surface area contributed by atoms with Crippen molar-refractivity contribution in [3.8, 4) is 17.2 Å². The van der Waals surface area contributed by atoms with Crippen LogP contribution in [0.1, 0.15) is 33.4 Å². The fraction of sp³-hybridized carbons (Fsp3) is 0.308. The van der Waals surface area contributed by atoms with Crippen LogP contribution in [-0.2, 0) is 10.3 Å². The van der Waals surface area contributed by atoms with Gasteiger partial charge in [-0.25, -0.2) is 0 Å². The number of ether oxygens (including phenoxy) is 4. The lowest BCUT2D eigenvalue weighted by molar-refractivity contribution is 0.0516. The summed E-state index contributed by atoms with van der Waals surface area (Å²) in [5.41, 5.74) is 4.27. The fourth-order valence-corrected chi connectivity index (χ4v) is 6.27. The summed E-state index contributed by atoms with van der Waals surface area (Å²) < 4.78 is 27.1. The Morgan fingerprint density at radius 3 is 1.00 bits per heavy atom. The van der Waals surface area contributed by atoms with Crippen molar-refractivity contribution < 1.29 is 18.9 Å². The molecule has 7 heteroatoms. The Hall–Kier alpha value is -1.54. The van der Waals surface area contributed by atoms with Crippen molar-refractivity contribution in [3.63, 3.8) is 0 Å². The molecule has 0 aliphatic rings. The first-order chi connectivity index (χ1) is 15.6. The molecule has 0 aromatic heterocycles. The van der Waals surface area contributed by atoms with Crippen molar-refractivity contribution in [3.05, 3.63) is 83.2 Å². The fourth-order valence-electron chi connectivity index (χ4n) is 4.55. The highest BCUT2D eigenvalue weighted by Crippen LogP contribution is 2.53. The van der Waals surface area contributed by atoms with Crippen LogP contribution in [0.15, 0.2) is 49.8 Å². The van der Waals surface area contributed by atoms with Crippen LogP contribution in [0.2, 0.25) is 0 Å². The maximum atomic E-state index is 6.55. The Bertz CT molecular complexity index is 1050. The Balaban J connectivity index is 2.66. The predicted octanol–water partition coefficient (Wildman–Crippen LogP) is 7.86. The maximum Gasteiger partial charge on any atom is 0.154 e. The second-order valence-corrected chi connectivity index (χ2v) is 10.5. The zero-order valence-electron chi connectivity index (χ0n) is 19.7. The van der Waals surface area contributed by atoms with Gasteiger partial charge in [0.05, 0.1) is 21.3 Å². The molecule has 3 rings (SSSR count). The molecule has 0 spiro atoms. The highest BCUT2D eigenvalue weighted by Gasteiger charge is 2.45. The van der Waals surface area contributed by atoms with Crippen LogP contribution < -0.4 is 14.2 Å². The van der Waals surface area contributed by atoms with Gasteiger partial charge in [-0.1, -0.05) is 47.8 Å². The van der Waals surface area contributed by atoms with Gasteiger partial charge in [0.1, 0.15) is 17.2 Å². The molecule has 3 aromatic rings. The summed E-state index contributed by atoms with van der Waals surface area (Å²) in [6, 6.07) is 12.2. The van der Waals surface area contributed by atoms with Gasteiger partial charge in [-0.05, 0) is 73.9 Å². The number of hydrogen-bond acceptors (Lipinski definition) is 4. The summed E-state index contributed by atoms with van der Waals surface area (Å²) in [6.07, 6.45) is 0. The molecule has 0 N–H and O–H groups in total. The lowest BCUT2D eigenvalue weighted by Crippen LogP contribution is -2.34. The van der Waals surface area contributed by atoms with Crippen LogP contribution in [-0.4, -0.2) is 28.4 Å². The van der Waals surface area contributed by atoms with Gasteiger partial charge in [-0.15, -0.1) is 0 Å². The molecule has 176 valence electrons. The zero-order chi connectivity index (χ0) is 24.5. The molecule has 0 saturated carbocycles. The molecule has 0 radical (unpaired) electrons. The number of halogens is 3. The van der Waals surface area contributed by atoms with Gasteiger partial charge in [-0.2, -0.15) is 0 Å². The van der Waals surface area contributed by atoms with E-state index in [1.54, 1.807) is 28.4 Å². The average molecular weight is 643 g/mol. The van der Waals surface area contributed by atoms with Crippen LogP contribution in [0, 0.1) is 20.8 Å². The normalized spacial score (nSPS) is 11.5. The molecule has 0 bridgehead atoms. The number of hydrogen-bond donors (Lipinski definition) is 0. The molecule has 3 aromatic carbocycles. The van der Waals surface area contributed by atoms with Crippen molar-refractivity contribution in [2.75, 3.05) is 28.4 Å². The Morgan fingerprint density at radius 2 is 0.788 bits per heavy atom. The third-order valence-corrected chi connectivity index (χ3v) is 7.15. The van der Waals surface area contributed by atoms with Gasteiger partial charge in [0.25, 0.3) is 0 Å². The van der Waals surface area contributed by atoms with E-state index in [1.165, 1.54) is 0 Å². The molecular formula is C26H27Br3O4. The number of methoxy groups -OCH3 is 4. The van der Waals surface area contributed by atoms with E-state index in [0.29, 0.717) is 0 Å². The van der Waals surface area contributed by atoms with E-state index >= 15 is 0 Å². The van der Waals surface area contributed by atoms with Gasteiger partial charge < -0.3 is 18.9 Å². The standard InChI is InChI=1S/C26H27Br3O4/c1-14-8-17(27)11-20(23(14)30-4)26(33-7,21-12-18(28)9-15(2)24(21)31-5)22-13-19(29)10-16(3)25(22)32-6/h8-13H,1-7H3. The maximum absolute atomic E-state index is 6.55. The Labute approximate surface area is 221 Å². The van der Waals surface area contributed by atoms with Crippen molar-refractivity contribution in [2.45, 2.75) is 26.4 Å². The van der Waals surface area contributed by atoms with E-state index in [4.69, 9.17) is 18.9 Å². The van der Waals surface area contributed by atoms with E-state index in [-0.39, 0.29) is 0 Å². The van der Waals surface area contributed by atoms with Crippen molar-refractivity contribution in [2.24, 2.45) is 0 Å². The third-order valence-electron chi connectivity index (χ3n) is 5.77. The SMILES string of the molecule is COc1c(C)cc(Br)cc1C(OC)(c1cc(Br)cc(C)c1OC)c1cc(Br)cc(C)c1OC. The summed E-state index contributed by atoms with van der Waals surface area (Å²) >= 11 is 11.0. The van der Waals surface area contributed by atoms with Gasteiger partial charge >= 0.3 is 0 Å². The topological polar surface area (TPSA) is 36.9 Å². The molecule has 0 unspecified atom stereocenters. The van der Waals surface area contributed by atoms with E-state index in [1.807, 2.05) is 57.2 Å². The molecule has 4 nitrogen and oxygen atoms in total. The van der Waals surface area contributed by atoms with Gasteiger partial charge in [0.15, 0.2) is 5.60 Å². The quantitative estimate of drug-likeness (QED) is 0.246. The molecule has 0 saturated heterocycles. The largest absolute Gasteiger partial charge is 0.496 e. The predicted molar refractivity (Wildman–Crippen MR) is 143 cm³/mol. The molecule has 33 heavy (non-hydrogen) atoms. The minimum absolute atomic E-state index is 0.722. The van der Waals surface area contributed by atoms with Crippen molar-refractivity contribution >= 4 is 47.8 Å². The van der Waals surface area contributed by atoms with Crippen molar-refractivity contribution in [1.29, 1.82) is 0 Å². The summed E-state index contributed by atoms with van der Waals surface area (Å²) in [6.45, 7) is 6.04. The van der Waals surface area contributed by atoms with E-state index in [9.17, 15) is 0 Å². The first-order valence-electron chi connectivity index (χ1n) is 10.2. The van der Waals surface area contributed by atoms with Crippen LogP contribution in [0.3, 0.4) is 0 Å². The lowest BCUT2D eigenvalue weighted by atomic mass is 9.77. The van der Waals surface area contributed by atoms with E-state index in [0.717, 1.165) is 64.0 Å². The Kier molecular flexibility index (Phi) is 8.20. The second kappa shape index (κ2) is 10.4. The number of benzene rings is 3. The first kappa shape index (κ1) is 26.1. The monoisotopic (exact) mass is 640 g/mol. The van der Waals surface area contributed by atoms with E-state index < -0.39 is 5.60 Å². The molecule has 0 fully saturated rings. The summed E-state index contributed by atoms with van der Waals surface area (Å²) in [5.74, 6) is 2.17. The zero-order valence-corrected chi connectivity index (χ0v) is 24.5. The highest BCUT2D eigenvalue weighted by molar-refractivity contribution is 9.11. The molecule has 0 atom stereocenters. The molecule has 0 aliphatic carbocycles. The number of rotatable bonds is 7. The average Bonchev–Trinajstić information content (AvgIpc) is 2.74. The van der Waals surface area contributed by atoms with Crippen LogP contribution in [0.25, 0.3) is 0 Å². The summed E-state index contributed by atoms with van der Waals surface area (Å²) in [7, 11) is 6.72. The lowest BCUT2D eigenvalue weighted by Gasteiger charge is -2.38.